The Morgan fingerprint density at radius 2 is 1.88 bits per heavy atom. The molecule has 2 atom stereocenters. The van der Waals surface area contributed by atoms with Crippen LogP contribution in [0.4, 0.5) is 0 Å². The minimum absolute atomic E-state index is 0.378. The van der Waals surface area contributed by atoms with E-state index in [1.54, 1.807) is 0 Å². The highest BCUT2D eigenvalue weighted by Gasteiger charge is 2.55. The van der Waals surface area contributed by atoms with E-state index in [0.29, 0.717) is 17.6 Å². The van der Waals surface area contributed by atoms with Crippen molar-refractivity contribution in [3.63, 3.8) is 0 Å². The van der Waals surface area contributed by atoms with Crippen molar-refractivity contribution in [3.8, 4) is 0 Å². The average molecular weight is 227 g/mol. The molecule has 0 amide bonds. The minimum Gasteiger partial charge on any atom is -0.378 e. The maximum atomic E-state index is 5.89. The third kappa shape index (κ3) is 2.13. The van der Waals surface area contributed by atoms with Crippen LogP contribution in [0, 0.1) is 5.41 Å². The van der Waals surface area contributed by atoms with Gasteiger partial charge in [0.25, 0.3) is 0 Å². The molecule has 0 aromatic heterocycles. The van der Waals surface area contributed by atoms with E-state index in [1.807, 2.05) is 6.92 Å². The molecular formula is C13H25NO2. The van der Waals surface area contributed by atoms with Crippen LogP contribution < -0.4 is 5.48 Å². The number of rotatable bonds is 5. The molecule has 0 aromatic carbocycles. The normalized spacial score (nSPS) is 32.6. The Balaban J connectivity index is 1.94. The van der Waals surface area contributed by atoms with E-state index in [4.69, 9.17) is 9.57 Å². The van der Waals surface area contributed by atoms with E-state index in [1.165, 1.54) is 32.1 Å². The summed E-state index contributed by atoms with van der Waals surface area (Å²) in [6.07, 6.45) is 8.30. The lowest BCUT2D eigenvalue weighted by Gasteiger charge is -2.57. The first-order valence-electron chi connectivity index (χ1n) is 6.82. The summed E-state index contributed by atoms with van der Waals surface area (Å²) in [5, 5.41) is 0. The van der Waals surface area contributed by atoms with Crippen molar-refractivity contribution in [2.75, 3.05) is 13.2 Å². The van der Waals surface area contributed by atoms with Gasteiger partial charge in [-0.15, -0.1) is 0 Å². The van der Waals surface area contributed by atoms with Gasteiger partial charge in [-0.2, -0.15) is 5.48 Å². The molecule has 3 nitrogen and oxygen atoms in total. The lowest BCUT2D eigenvalue weighted by Crippen LogP contribution is -2.64. The van der Waals surface area contributed by atoms with Gasteiger partial charge in [0.15, 0.2) is 0 Å². The third-order valence-electron chi connectivity index (χ3n) is 4.31. The van der Waals surface area contributed by atoms with Crippen LogP contribution in [0.3, 0.4) is 0 Å². The summed E-state index contributed by atoms with van der Waals surface area (Å²) in [6, 6.07) is 0.518. The topological polar surface area (TPSA) is 30.5 Å². The van der Waals surface area contributed by atoms with Crippen LogP contribution in [0.2, 0.25) is 0 Å². The number of nitrogens with one attached hydrogen (secondary N) is 1. The van der Waals surface area contributed by atoms with Crippen LogP contribution in [0.15, 0.2) is 0 Å². The molecule has 16 heavy (non-hydrogen) atoms. The lowest BCUT2D eigenvalue weighted by molar-refractivity contribution is -0.183. The Morgan fingerprint density at radius 1 is 1.12 bits per heavy atom. The first-order valence-corrected chi connectivity index (χ1v) is 6.82. The van der Waals surface area contributed by atoms with E-state index in [2.05, 4.69) is 12.4 Å². The second-order valence-electron chi connectivity index (χ2n) is 5.08. The number of ether oxygens (including phenoxy) is 1. The number of hydroxylamine groups is 1. The Kier molecular flexibility index (Phi) is 4.22. The Labute approximate surface area is 98.8 Å². The first-order chi connectivity index (χ1) is 7.83. The van der Waals surface area contributed by atoms with Gasteiger partial charge in [-0.25, -0.2) is 0 Å². The maximum absolute atomic E-state index is 5.89. The fourth-order valence-electron chi connectivity index (χ4n) is 3.41. The zero-order valence-corrected chi connectivity index (χ0v) is 10.6. The summed E-state index contributed by atoms with van der Waals surface area (Å²) in [7, 11) is 0. The van der Waals surface area contributed by atoms with Gasteiger partial charge in [0, 0.05) is 18.1 Å². The molecule has 0 saturated heterocycles. The number of hydrogen-bond donors (Lipinski definition) is 1. The first kappa shape index (κ1) is 12.3. The molecule has 1 N–H and O–H groups in total. The third-order valence-corrected chi connectivity index (χ3v) is 4.31. The maximum Gasteiger partial charge on any atom is 0.0662 e. The molecule has 0 aromatic rings. The van der Waals surface area contributed by atoms with E-state index >= 15 is 0 Å². The minimum atomic E-state index is 0.378. The average Bonchev–Trinajstić information content (AvgIpc) is 2.34. The fraction of sp³-hybridized carbons (Fsp3) is 1.00. The van der Waals surface area contributed by atoms with Gasteiger partial charge in [0.1, 0.15) is 0 Å². The van der Waals surface area contributed by atoms with Crippen molar-refractivity contribution in [3.05, 3.63) is 0 Å². The van der Waals surface area contributed by atoms with Crippen LogP contribution in [0.5, 0.6) is 0 Å². The van der Waals surface area contributed by atoms with Crippen molar-refractivity contribution >= 4 is 0 Å². The molecule has 3 heteroatoms. The fourth-order valence-corrected chi connectivity index (χ4v) is 3.41. The summed E-state index contributed by atoms with van der Waals surface area (Å²) < 4.78 is 5.89. The zero-order chi connectivity index (χ0) is 11.4. The van der Waals surface area contributed by atoms with E-state index < -0.39 is 0 Å². The summed E-state index contributed by atoms with van der Waals surface area (Å²) in [4.78, 5) is 5.39. The van der Waals surface area contributed by atoms with E-state index in [9.17, 15) is 0 Å². The molecule has 2 unspecified atom stereocenters. The van der Waals surface area contributed by atoms with Crippen molar-refractivity contribution in [1.82, 2.24) is 5.48 Å². The summed E-state index contributed by atoms with van der Waals surface area (Å²) in [5.41, 5.74) is 3.62. The van der Waals surface area contributed by atoms with Gasteiger partial charge in [-0.1, -0.05) is 19.3 Å². The Hall–Kier alpha value is -0.120. The highest BCUT2D eigenvalue weighted by Crippen LogP contribution is 2.53. The van der Waals surface area contributed by atoms with Crippen LogP contribution in [0.1, 0.15) is 52.4 Å². The van der Waals surface area contributed by atoms with Gasteiger partial charge in [-0.3, -0.25) is 0 Å². The molecule has 0 heterocycles. The predicted molar refractivity (Wildman–Crippen MR) is 64.1 cm³/mol. The van der Waals surface area contributed by atoms with Gasteiger partial charge in [0.05, 0.1) is 12.7 Å². The highest BCUT2D eigenvalue weighted by atomic mass is 16.6. The van der Waals surface area contributed by atoms with Crippen molar-refractivity contribution in [2.24, 2.45) is 5.41 Å². The Bertz CT molecular complexity index is 214. The molecular weight excluding hydrogens is 202 g/mol. The molecule has 1 spiro atoms. The van der Waals surface area contributed by atoms with Crippen LogP contribution in [-0.4, -0.2) is 25.4 Å². The highest BCUT2D eigenvalue weighted by molar-refractivity contribution is 5.07. The van der Waals surface area contributed by atoms with Crippen molar-refractivity contribution in [1.29, 1.82) is 0 Å². The van der Waals surface area contributed by atoms with Crippen molar-refractivity contribution < 1.29 is 9.57 Å². The molecule has 0 aliphatic heterocycles. The summed E-state index contributed by atoms with van der Waals surface area (Å²) in [5.74, 6) is 0. The molecule has 0 radical (unpaired) electrons. The smallest absolute Gasteiger partial charge is 0.0662 e. The molecule has 94 valence electrons. The van der Waals surface area contributed by atoms with Crippen LogP contribution >= 0.6 is 0 Å². The van der Waals surface area contributed by atoms with Gasteiger partial charge in [-0.05, 0) is 33.1 Å². The second kappa shape index (κ2) is 5.48. The van der Waals surface area contributed by atoms with E-state index in [0.717, 1.165) is 19.6 Å². The van der Waals surface area contributed by atoms with Gasteiger partial charge < -0.3 is 9.57 Å². The van der Waals surface area contributed by atoms with Gasteiger partial charge >= 0.3 is 0 Å². The van der Waals surface area contributed by atoms with Gasteiger partial charge in [0.2, 0.25) is 0 Å². The molecule has 2 aliphatic carbocycles. The van der Waals surface area contributed by atoms with E-state index in [-0.39, 0.29) is 0 Å². The lowest BCUT2D eigenvalue weighted by atomic mass is 9.55. The van der Waals surface area contributed by atoms with Crippen molar-refractivity contribution in [2.45, 2.75) is 64.5 Å². The monoisotopic (exact) mass is 227 g/mol. The Morgan fingerprint density at radius 3 is 2.50 bits per heavy atom. The molecule has 2 aliphatic rings. The van der Waals surface area contributed by atoms with Crippen LogP contribution in [-0.2, 0) is 9.57 Å². The summed E-state index contributed by atoms with van der Waals surface area (Å²) >= 11 is 0. The zero-order valence-electron chi connectivity index (χ0n) is 10.6. The molecule has 2 fully saturated rings. The molecule has 0 bridgehead atoms. The quantitative estimate of drug-likeness (QED) is 0.732. The second-order valence-corrected chi connectivity index (χ2v) is 5.08. The standard InChI is InChI=1S/C13H25NO2/c1-3-15-12-10-11(14-16-4-2)13(12)8-6-5-7-9-13/h11-12,14H,3-10H2,1-2H3. The molecule has 2 saturated carbocycles. The predicted octanol–water partition coefficient (Wildman–Crippen LogP) is 2.66. The number of hydrogen-bond acceptors (Lipinski definition) is 3. The SMILES string of the molecule is CCONC1CC(OCC)C12CCCCC2. The molecule has 2 rings (SSSR count). The summed E-state index contributed by atoms with van der Waals surface area (Å²) in [6.45, 7) is 5.71. The van der Waals surface area contributed by atoms with Crippen LogP contribution in [0.25, 0.3) is 0 Å². The largest absolute Gasteiger partial charge is 0.378 e.